The van der Waals surface area contributed by atoms with Gasteiger partial charge in [-0.3, -0.25) is 9.10 Å². The number of sulfonamides is 1. The van der Waals surface area contributed by atoms with Gasteiger partial charge >= 0.3 is 0 Å². The van der Waals surface area contributed by atoms with E-state index in [0.29, 0.717) is 35.2 Å². The summed E-state index contributed by atoms with van der Waals surface area (Å²) in [5, 5.41) is 45.5. The fourth-order valence-corrected chi connectivity index (χ4v) is 10.7. The molecule has 242 valence electrons. The molecule has 45 heavy (non-hydrogen) atoms. The number of carbonyl (C=O) groups is 2. The summed E-state index contributed by atoms with van der Waals surface area (Å²) in [5.74, 6) is -3.49. The number of carboxylic acids is 1. The number of rotatable bonds is 8. The van der Waals surface area contributed by atoms with Gasteiger partial charge in [-0.05, 0) is 28.7 Å². The van der Waals surface area contributed by atoms with Gasteiger partial charge in [0.2, 0.25) is 5.91 Å². The predicted molar refractivity (Wildman–Crippen MR) is 159 cm³/mol. The van der Waals surface area contributed by atoms with Crippen molar-refractivity contribution in [2.24, 2.45) is 11.8 Å². The Labute approximate surface area is 262 Å². The number of amides is 1. The molecule has 13 heteroatoms. The van der Waals surface area contributed by atoms with Crippen LogP contribution in [0, 0.1) is 11.8 Å². The number of β-lactam (4-membered cyclic amide) rings is 1. The second-order valence-electron chi connectivity index (χ2n) is 13.7. The van der Waals surface area contributed by atoms with E-state index in [0.717, 1.165) is 65.0 Å². The Bertz CT molecular complexity index is 1740. The number of piperazine rings is 1. The van der Waals surface area contributed by atoms with E-state index in [9.17, 15) is 38.4 Å². The van der Waals surface area contributed by atoms with Gasteiger partial charge in [-0.1, -0.05) is 26.0 Å². The zero-order valence-electron chi connectivity index (χ0n) is 25.6. The van der Waals surface area contributed by atoms with Crippen LogP contribution in [0.1, 0.15) is 25.0 Å². The molecule has 5 aliphatic heterocycles. The molecular formula is C32H40N4O8S. The second kappa shape index (κ2) is 10.5. The molecule has 0 saturated carbocycles. The number of hydrogen-bond acceptors (Lipinski definition) is 8. The van der Waals surface area contributed by atoms with Crippen LogP contribution >= 0.6 is 0 Å². The Morgan fingerprint density at radius 2 is 1.80 bits per heavy atom. The standard InChI is InChI=1S/C32H40N4O8S/c1-19-24(30(32(41)42)34-29(19)27(20(2)39)31(34)40)17-33-25-5-3-4-23-22-6-7-36(10-8-35(9-11-36,12-14-37)13-15-38)18-21(22)16-26(28(23)25)45(33,43)44/h3-5,16,19-20,27,29,37-38H,6-15,17-18H2,1-2H3/t19-,20+,27+,29+/m0/s1. The van der Waals surface area contributed by atoms with Crippen LogP contribution in [0.25, 0.3) is 10.8 Å². The van der Waals surface area contributed by atoms with E-state index in [-0.39, 0.29) is 35.9 Å². The van der Waals surface area contributed by atoms with Gasteiger partial charge in [-0.25, -0.2) is 8.42 Å². The summed E-state index contributed by atoms with van der Waals surface area (Å²) >= 11 is 0. The molecule has 5 aliphatic rings. The molecule has 1 spiro atoms. The number of fused-ring (bicyclic) bond motifs is 3. The van der Waals surface area contributed by atoms with Crippen molar-refractivity contribution in [1.29, 1.82) is 0 Å². The number of aliphatic hydroxyl groups excluding tert-OH is 2. The Kier molecular flexibility index (Phi) is 7.12. The molecule has 7 rings (SSSR count). The van der Waals surface area contributed by atoms with Crippen LogP contribution in [-0.4, -0.2) is 122 Å². The molecule has 0 bridgehead atoms. The van der Waals surface area contributed by atoms with E-state index in [2.05, 4.69) is 0 Å². The normalized spacial score (nSPS) is 27.9. The zero-order valence-corrected chi connectivity index (χ0v) is 26.5. The summed E-state index contributed by atoms with van der Waals surface area (Å²) in [6.45, 7) is 9.31. The first-order chi connectivity index (χ1) is 21.4. The average Bonchev–Trinajstić information content (AvgIpc) is 3.36. The van der Waals surface area contributed by atoms with Crippen LogP contribution in [0.5, 0.6) is 0 Å². The first-order valence-electron chi connectivity index (χ1n) is 15.8. The SMILES string of the molecule is C[C@@H]([O-])[C@H]1C(=O)N2C(C(=O)[O-])=C(CN3c4cccc5c6c(cc(c45)S3(=O)=O)C[N+]3(CC6)CC[N+](CCO)(CCO)CC3)[C@H](C)[C@H]12. The van der Waals surface area contributed by atoms with E-state index in [1.54, 1.807) is 13.0 Å². The van der Waals surface area contributed by atoms with Crippen LogP contribution in [-0.2, 0) is 32.6 Å². The lowest BCUT2D eigenvalue weighted by atomic mass is 9.78. The summed E-state index contributed by atoms with van der Waals surface area (Å²) in [7, 11) is -4.07. The quantitative estimate of drug-likeness (QED) is 0.254. The molecule has 0 aliphatic carbocycles. The van der Waals surface area contributed by atoms with Crippen LogP contribution in [0.3, 0.4) is 0 Å². The van der Waals surface area contributed by atoms with Gasteiger partial charge < -0.3 is 39.1 Å². The highest BCUT2D eigenvalue weighted by molar-refractivity contribution is 7.93. The average molecular weight is 641 g/mol. The molecule has 2 aromatic rings. The molecule has 1 amide bonds. The highest BCUT2D eigenvalue weighted by atomic mass is 32.2. The minimum atomic E-state index is -4.07. The van der Waals surface area contributed by atoms with Crippen molar-refractivity contribution in [3.63, 3.8) is 0 Å². The predicted octanol–water partition coefficient (Wildman–Crippen LogP) is -1.73. The molecule has 4 atom stereocenters. The van der Waals surface area contributed by atoms with Crippen LogP contribution in [0.15, 0.2) is 40.4 Å². The molecule has 2 saturated heterocycles. The number of carbonyl (C=O) groups excluding carboxylic acids is 2. The van der Waals surface area contributed by atoms with Gasteiger partial charge in [-0.2, -0.15) is 0 Å². The second-order valence-corrected chi connectivity index (χ2v) is 15.5. The van der Waals surface area contributed by atoms with E-state index >= 15 is 0 Å². The molecule has 0 unspecified atom stereocenters. The summed E-state index contributed by atoms with van der Waals surface area (Å²) < 4.78 is 31.4. The number of quaternary nitrogens is 2. The lowest BCUT2D eigenvalue weighted by Gasteiger charge is -2.51. The molecule has 2 N–H and O–H groups in total. The fourth-order valence-electron chi connectivity index (χ4n) is 9.02. The van der Waals surface area contributed by atoms with E-state index in [4.69, 9.17) is 0 Å². The van der Waals surface area contributed by atoms with Gasteiger partial charge in [0.05, 0.1) is 54.6 Å². The largest absolute Gasteiger partial charge is 0.852 e. The minimum absolute atomic E-state index is 0.0718. The number of aliphatic hydroxyl groups is 2. The van der Waals surface area contributed by atoms with E-state index in [1.807, 2.05) is 18.2 Å². The third kappa shape index (κ3) is 4.31. The van der Waals surface area contributed by atoms with Crippen LogP contribution < -0.4 is 14.5 Å². The molecule has 0 aromatic heterocycles. The topological polar surface area (TPSA) is 161 Å². The number of aliphatic carboxylic acids is 1. The Balaban J connectivity index is 1.23. The molecule has 12 nitrogen and oxygen atoms in total. The Morgan fingerprint density at radius 3 is 2.42 bits per heavy atom. The molecule has 2 aromatic carbocycles. The lowest BCUT2D eigenvalue weighted by Crippen LogP contribution is -2.68. The number of benzene rings is 2. The van der Waals surface area contributed by atoms with Crippen molar-refractivity contribution >= 4 is 38.4 Å². The first kappa shape index (κ1) is 30.6. The molecule has 5 heterocycles. The highest BCUT2D eigenvalue weighted by Gasteiger charge is 2.57. The maximum absolute atomic E-state index is 14.3. The van der Waals surface area contributed by atoms with Crippen molar-refractivity contribution in [3.05, 3.63) is 46.7 Å². The Morgan fingerprint density at radius 1 is 1.11 bits per heavy atom. The van der Waals surface area contributed by atoms with Gasteiger partial charge in [0.15, 0.2) is 0 Å². The third-order valence-corrected chi connectivity index (χ3v) is 13.3. The summed E-state index contributed by atoms with van der Waals surface area (Å²) in [6, 6.07) is 6.73. The van der Waals surface area contributed by atoms with Gasteiger partial charge in [-0.15, -0.1) is 6.10 Å². The molecule has 2 fully saturated rings. The van der Waals surface area contributed by atoms with Crippen molar-refractivity contribution in [1.82, 2.24) is 4.90 Å². The van der Waals surface area contributed by atoms with Gasteiger partial charge in [0.1, 0.15) is 45.8 Å². The smallest absolute Gasteiger partial charge is 0.265 e. The van der Waals surface area contributed by atoms with Crippen molar-refractivity contribution in [2.75, 3.05) is 69.9 Å². The zero-order chi connectivity index (χ0) is 32.1. The number of anilines is 1. The summed E-state index contributed by atoms with van der Waals surface area (Å²) in [6.07, 6.45) is -0.422. The van der Waals surface area contributed by atoms with Crippen molar-refractivity contribution in [3.8, 4) is 0 Å². The van der Waals surface area contributed by atoms with Gasteiger partial charge in [0.25, 0.3) is 10.0 Å². The van der Waals surface area contributed by atoms with Gasteiger partial charge in [0, 0.05) is 29.2 Å². The highest BCUT2D eigenvalue weighted by Crippen LogP contribution is 2.50. The number of hydrogen-bond donors (Lipinski definition) is 2. The van der Waals surface area contributed by atoms with E-state index in [1.165, 1.54) is 11.2 Å². The van der Waals surface area contributed by atoms with Crippen molar-refractivity contribution < 1.29 is 47.4 Å². The molecule has 0 radical (unpaired) electrons. The third-order valence-electron chi connectivity index (χ3n) is 11.5. The number of carboxylic acid groups (broad SMARTS) is 1. The maximum Gasteiger partial charge on any atom is 0.265 e. The summed E-state index contributed by atoms with van der Waals surface area (Å²) in [5.41, 5.74) is 2.58. The monoisotopic (exact) mass is 640 g/mol. The van der Waals surface area contributed by atoms with Crippen LogP contribution in [0.4, 0.5) is 5.69 Å². The van der Waals surface area contributed by atoms with Crippen molar-refractivity contribution in [2.45, 2.75) is 43.9 Å². The fraction of sp³-hybridized carbons (Fsp3) is 0.562. The Hall–Kier alpha value is -3.07. The summed E-state index contributed by atoms with van der Waals surface area (Å²) in [4.78, 5) is 26.5. The van der Waals surface area contributed by atoms with E-state index < -0.39 is 45.9 Å². The minimum Gasteiger partial charge on any atom is -0.852 e. The molecular weight excluding hydrogens is 600 g/mol. The van der Waals surface area contributed by atoms with Crippen LogP contribution in [0.2, 0.25) is 0 Å². The first-order valence-corrected chi connectivity index (χ1v) is 17.3. The lowest BCUT2D eigenvalue weighted by molar-refractivity contribution is -1.04. The number of nitrogens with zero attached hydrogens (tertiary/aromatic N) is 4. The maximum atomic E-state index is 14.3.